The molecule has 1 heterocycles. The number of nitrogens with one attached hydrogen (secondary N) is 1. The van der Waals surface area contributed by atoms with Gasteiger partial charge in [-0.2, -0.15) is 0 Å². The number of amides is 1. The van der Waals surface area contributed by atoms with Gasteiger partial charge in [0.25, 0.3) is 5.91 Å². The number of hydrogen-bond donors (Lipinski definition) is 1. The van der Waals surface area contributed by atoms with Gasteiger partial charge in [-0.15, -0.1) is 0 Å². The van der Waals surface area contributed by atoms with E-state index in [9.17, 15) is 9.18 Å². The average molecular weight is 320 g/mol. The summed E-state index contributed by atoms with van der Waals surface area (Å²) in [5.41, 5.74) is -0.190. The van der Waals surface area contributed by atoms with Gasteiger partial charge in [-0.1, -0.05) is 32.9 Å². The summed E-state index contributed by atoms with van der Waals surface area (Å²) < 4.78 is 23.7. The molecular formula is C17H21FN2O3. The molecule has 2 aromatic rings. The van der Waals surface area contributed by atoms with Crippen molar-refractivity contribution in [2.45, 2.75) is 45.6 Å². The first-order valence-corrected chi connectivity index (χ1v) is 7.50. The van der Waals surface area contributed by atoms with E-state index in [-0.39, 0.29) is 17.1 Å². The molecular weight excluding hydrogens is 299 g/mol. The molecule has 0 spiro atoms. The van der Waals surface area contributed by atoms with Crippen molar-refractivity contribution in [1.82, 2.24) is 5.16 Å². The van der Waals surface area contributed by atoms with Gasteiger partial charge >= 0.3 is 0 Å². The molecule has 0 fully saturated rings. The first kappa shape index (κ1) is 17.0. The number of aromatic nitrogens is 1. The number of nitrogens with zero attached hydrogens (tertiary/aromatic N) is 1. The van der Waals surface area contributed by atoms with Crippen LogP contribution >= 0.6 is 0 Å². The van der Waals surface area contributed by atoms with Crippen molar-refractivity contribution < 1.29 is 18.4 Å². The van der Waals surface area contributed by atoms with Crippen LogP contribution in [0.5, 0.6) is 5.75 Å². The van der Waals surface area contributed by atoms with Crippen LogP contribution in [0.15, 0.2) is 34.9 Å². The number of anilines is 1. The predicted octanol–water partition coefficient (Wildman–Crippen LogP) is 3.91. The fourth-order valence-electron chi connectivity index (χ4n) is 1.89. The van der Waals surface area contributed by atoms with Crippen molar-refractivity contribution in [3.63, 3.8) is 0 Å². The lowest BCUT2D eigenvalue weighted by Gasteiger charge is -2.16. The van der Waals surface area contributed by atoms with Crippen molar-refractivity contribution in [1.29, 1.82) is 0 Å². The SMILES string of the molecule is CC[C@@H](Oc1ccc(F)cc1)C(=O)Nc1cc(C(C)(C)C)on1. The quantitative estimate of drug-likeness (QED) is 0.907. The maximum atomic E-state index is 12.9. The van der Waals surface area contributed by atoms with Gasteiger partial charge in [-0.25, -0.2) is 4.39 Å². The maximum absolute atomic E-state index is 12.9. The molecule has 2 rings (SSSR count). The van der Waals surface area contributed by atoms with E-state index < -0.39 is 6.10 Å². The Bertz CT molecular complexity index is 659. The maximum Gasteiger partial charge on any atom is 0.266 e. The number of carbonyl (C=O) groups is 1. The third kappa shape index (κ3) is 4.55. The lowest BCUT2D eigenvalue weighted by Crippen LogP contribution is -2.32. The molecule has 0 saturated carbocycles. The summed E-state index contributed by atoms with van der Waals surface area (Å²) in [5, 5.41) is 6.52. The Morgan fingerprint density at radius 2 is 2.00 bits per heavy atom. The van der Waals surface area contributed by atoms with Crippen LogP contribution in [0.25, 0.3) is 0 Å². The van der Waals surface area contributed by atoms with Gasteiger partial charge in [0.2, 0.25) is 0 Å². The molecule has 0 unspecified atom stereocenters. The normalized spacial score (nSPS) is 12.7. The summed E-state index contributed by atoms with van der Waals surface area (Å²) in [6.07, 6.45) is -0.233. The van der Waals surface area contributed by atoms with E-state index in [0.717, 1.165) is 0 Å². The number of hydrogen-bond acceptors (Lipinski definition) is 4. The second kappa shape index (κ2) is 6.81. The predicted molar refractivity (Wildman–Crippen MR) is 84.9 cm³/mol. The van der Waals surface area contributed by atoms with Crippen molar-refractivity contribution in [2.75, 3.05) is 5.32 Å². The van der Waals surface area contributed by atoms with Crippen LogP contribution in [-0.2, 0) is 10.2 Å². The third-order valence-electron chi connectivity index (χ3n) is 3.26. The van der Waals surface area contributed by atoms with E-state index >= 15 is 0 Å². The fourth-order valence-corrected chi connectivity index (χ4v) is 1.89. The van der Waals surface area contributed by atoms with Crippen molar-refractivity contribution >= 4 is 11.7 Å². The van der Waals surface area contributed by atoms with Crippen molar-refractivity contribution in [3.05, 3.63) is 41.9 Å². The molecule has 0 saturated heterocycles. The number of halogens is 1. The Morgan fingerprint density at radius 3 is 2.52 bits per heavy atom. The summed E-state index contributed by atoms with van der Waals surface area (Å²) in [6.45, 7) is 7.81. The third-order valence-corrected chi connectivity index (χ3v) is 3.26. The first-order valence-electron chi connectivity index (χ1n) is 7.50. The highest BCUT2D eigenvalue weighted by Gasteiger charge is 2.23. The van der Waals surface area contributed by atoms with E-state index in [4.69, 9.17) is 9.26 Å². The zero-order valence-electron chi connectivity index (χ0n) is 13.7. The van der Waals surface area contributed by atoms with Gasteiger partial charge in [-0.3, -0.25) is 4.79 Å². The Labute approximate surface area is 134 Å². The number of rotatable bonds is 5. The van der Waals surface area contributed by atoms with Crippen LogP contribution in [0, 0.1) is 5.82 Å². The second-order valence-electron chi connectivity index (χ2n) is 6.28. The summed E-state index contributed by atoms with van der Waals surface area (Å²) in [6, 6.07) is 7.24. The topological polar surface area (TPSA) is 64.4 Å². The molecule has 0 radical (unpaired) electrons. The van der Waals surface area contributed by atoms with Gasteiger partial charge < -0.3 is 14.6 Å². The zero-order valence-corrected chi connectivity index (χ0v) is 13.7. The molecule has 1 aromatic carbocycles. The smallest absolute Gasteiger partial charge is 0.266 e. The molecule has 6 heteroatoms. The fraction of sp³-hybridized carbons (Fsp3) is 0.412. The van der Waals surface area contributed by atoms with Gasteiger partial charge in [0.1, 0.15) is 17.3 Å². The minimum atomic E-state index is -0.699. The monoisotopic (exact) mass is 320 g/mol. The highest BCUT2D eigenvalue weighted by molar-refractivity contribution is 5.93. The van der Waals surface area contributed by atoms with Crippen LogP contribution in [-0.4, -0.2) is 17.2 Å². The van der Waals surface area contributed by atoms with Crippen LogP contribution < -0.4 is 10.1 Å². The summed E-state index contributed by atoms with van der Waals surface area (Å²) in [5.74, 6) is 0.781. The summed E-state index contributed by atoms with van der Waals surface area (Å²) in [7, 11) is 0. The van der Waals surface area contributed by atoms with Gasteiger partial charge in [0.15, 0.2) is 11.9 Å². The van der Waals surface area contributed by atoms with Gasteiger partial charge in [0.05, 0.1) is 0 Å². The van der Waals surface area contributed by atoms with E-state index in [1.807, 2.05) is 27.7 Å². The Morgan fingerprint density at radius 1 is 1.35 bits per heavy atom. The Kier molecular flexibility index (Phi) is 5.03. The number of benzene rings is 1. The van der Waals surface area contributed by atoms with Crippen LogP contribution in [0.4, 0.5) is 10.2 Å². The minimum Gasteiger partial charge on any atom is -0.481 e. The summed E-state index contributed by atoms with van der Waals surface area (Å²) in [4.78, 5) is 12.3. The Hall–Kier alpha value is -2.37. The molecule has 0 bridgehead atoms. The molecule has 0 aliphatic rings. The van der Waals surface area contributed by atoms with E-state index in [1.165, 1.54) is 24.3 Å². The average Bonchev–Trinajstić information content (AvgIpc) is 2.95. The van der Waals surface area contributed by atoms with E-state index in [1.54, 1.807) is 6.07 Å². The molecule has 1 atom stereocenters. The Balaban J connectivity index is 2.02. The minimum absolute atomic E-state index is 0.190. The molecule has 0 aliphatic carbocycles. The summed E-state index contributed by atoms with van der Waals surface area (Å²) >= 11 is 0. The van der Waals surface area contributed by atoms with Crippen molar-refractivity contribution in [3.8, 4) is 5.75 Å². The largest absolute Gasteiger partial charge is 0.481 e. The van der Waals surface area contributed by atoms with E-state index in [2.05, 4.69) is 10.5 Å². The highest BCUT2D eigenvalue weighted by Crippen LogP contribution is 2.24. The molecule has 1 aromatic heterocycles. The molecule has 23 heavy (non-hydrogen) atoms. The number of carbonyl (C=O) groups excluding carboxylic acids is 1. The molecule has 1 amide bonds. The lowest BCUT2D eigenvalue weighted by molar-refractivity contribution is -0.122. The molecule has 1 N–H and O–H groups in total. The van der Waals surface area contributed by atoms with Gasteiger partial charge in [0, 0.05) is 11.5 Å². The van der Waals surface area contributed by atoms with Crippen LogP contribution in [0.3, 0.4) is 0 Å². The van der Waals surface area contributed by atoms with Gasteiger partial charge in [-0.05, 0) is 30.7 Å². The van der Waals surface area contributed by atoms with Crippen molar-refractivity contribution in [2.24, 2.45) is 0 Å². The molecule has 5 nitrogen and oxygen atoms in total. The van der Waals surface area contributed by atoms with Crippen LogP contribution in [0.1, 0.15) is 39.9 Å². The molecule has 0 aliphatic heterocycles. The highest BCUT2D eigenvalue weighted by atomic mass is 19.1. The standard InChI is InChI=1S/C17H21FN2O3/c1-5-13(22-12-8-6-11(18)7-9-12)16(21)19-15-10-14(23-20-15)17(2,3)4/h6-10,13H,5H2,1-4H3,(H,19,20,21)/t13-/m1/s1. The van der Waals surface area contributed by atoms with Crippen LogP contribution in [0.2, 0.25) is 0 Å². The lowest BCUT2D eigenvalue weighted by atomic mass is 9.93. The second-order valence-corrected chi connectivity index (χ2v) is 6.28. The van der Waals surface area contributed by atoms with E-state index in [0.29, 0.717) is 23.7 Å². The zero-order chi connectivity index (χ0) is 17.0. The number of ether oxygens (including phenoxy) is 1. The first-order chi connectivity index (χ1) is 10.8. The molecule has 124 valence electrons.